The fourth-order valence-corrected chi connectivity index (χ4v) is 2.54. The lowest BCUT2D eigenvalue weighted by atomic mass is 10.2. The lowest BCUT2D eigenvalue weighted by molar-refractivity contribution is 0.271. The summed E-state index contributed by atoms with van der Waals surface area (Å²) in [7, 11) is 1.72. The maximum absolute atomic E-state index is 5.44. The Bertz CT molecular complexity index is 622. The van der Waals surface area contributed by atoms with Crippen LogP contribution >= 0.6 is 0 Å². The van der Waals surface area contributed by atoms with Gasteiger partial charge >= 0.3 is 0 Å². The number of para-hydroxylation sites is 2. The number of hydrogen-bond donors (Lipinski definition) is 0. The largest absolute Gasteiger partial charge is 0.495 e. The van der Waals surface area contributed by atoms with Crippen molar-refractivity contribution in [2.24, 2.45) is 5.10 Å². The molecule has 1 aromatic heterocycles. The highest BCUT2D eigenvalue weighted by molar-refractivity contribution is 5.78. The highest BCUT2D eigenvalue weighted by atomic mass is 16.5. The quantitative estimate of drug-likeness (QED) is 0.812. The van der Waals surface area contributed by atoms with Crippen molar-refractivity contribution in [3.63, 3.8) is 0 Å². The first-order valence-electron chi connectivity index (χ1n) is 7.44. The van der Waals surface area contributed by atoms with Crippen molar-refractivity contribution in [3.8, 4) is 5.75 Å². The number of hydrazone groups is 1. The highest BCUT2D eigenvalue weighted by Crippen LogP contribution is 2.28. The van der Waals surface area contributed by atoms with Crippen LogP contribution in [0.5, 0.6) is 5.75 Å². The fourth-order valence-electron chi connectivity index (χ4n) is 2.54. The minimum atomic E-state index is 0.902. The van der Waals surface area contributed by atoms with Crippen LogP contribution in [0.4, 0.5) is 5.69 Å². The van der Waals surface area contributed by atoms with Crippen LogP contribution in [-0.4, -0.2) is 49.5 Å². The van der Waals surface area contributed by atoms with E-state index in [9.17, 15) is 0 Å². The number of ether oxygens (including phenoxy) is 1. The van der Waals surface area contributed by atoms with Crippen LogP contribution in [0.3, 0.4) is 0 Å². The van der Waals surface area contributed by atoms with Gasteiger partial charge in [0.25, 0.3) is 0 Å². The molecule has 0 saturated carbocycles. The average molecular weight is 296 g/mol. The molecule has 2 heterocycles. The predicted molar refractivity (Wildman–Crippen MR) is 88.6 cm³/mol. The molecule has 1 aromatic carbocycles. The summed E-state index contributed by atoms with van der Waals surface area (Å²) in [4.78, 5) is 6.35. The average Bonchev–Trinajstić information content (AvgIpc) is 2.61. The molecule has 5 nitrogen and oxygen atoms in total. The van der Waals surface area contributed by atoms with Gasteiger partial charge in [-0.15, -0.1) is 0 Å². The predicted octanol–water partition coefficient (Wildman–Crippen LogP) is 2.25. The topological polar surface area (TPSA) is 41.0 Å². The van der Waals surface area contributed by atoms with Crippen LogP contribution in [0.2, 0.25) is 0 Å². The summed E-state index contributed by atoms with van der Waals surface area (Å²) in [6.07, 6.45) is 5.45. The SMILES string of the molecule is COc1ccccc1N1CCN(/N=C\c2ccncc2)CC1. The van der Waals surface area contributed by atoms with Gasteiger partial charge in [0.15, 0.2) is 0 Å². The van der Waals surface area contributed by atoms with E-state index in [0.717, 1.165) is 43.2 Å². The van der Waals surface area contributed by atoms with E-state index in [4.69, 9.17) is 4.74 Å². The molecule has 0 radical (unpaired) electrons. The molecule has 0 unspecified atom stereocenters. The Balaban J connectivity index is 1.60. The fraction of sp³-hybridized carbons (Fsp3) is 0.294. The molecule has 1 fully saturated rings. The van der Waals surface area contributed by atoms with E-state index >= 15 is 0 Å². The van der Waals surface area contributed by atoms with Gasteiger partial charge in [0.2, 0.25) is 0 Å². The van der Waals surface area contributed by atoms with Crippen LogP contribution in [0.1, 0.15) is 5.56 Å². The summed E-state index contributed by atoms with van der Waals surface area (Å²) < 4.78 is 5.44. The number of piperazine rings is 1. The summed E-state index contributed by atoms with van der Waals surface area (Å²) in [5.74, 6) is 0.927. The second-order valence-electron chi connectivity index (χ2n) is 5.14. The second kappa shape index (κ2) is 6.93. The van der Waals surface area contributed by atoms with Crippen molar-refractivity contribution in [3.05, 3.63) is 54.4 Å². The van der Waals surface area contributed by atoms with Gasteiger partial charge in [-0.3, -0.25) is 9.99 Å². The molecular formula is C17H20N4O. The maximum Gasteiger partial charge on any atom is 0.142 e. The molecule has 0 amide bonds. The van der Waals surface area contributed by atoms with Gasteiger partial charge in [-0.1, -0.05) is 12.1 Å². The molecule has 0 atom stereocenters. The Labute approximate surface area is 130 Å². The second-order valence-corrected chi connectivity index (χ2v) is 5.14. The Morgan fingerprint density at radius 3 is 2.50 bits per heavy atom. The normalized spacial score (nSPS) is 15.3. The molecule has 0 spiro atoms. The Morgan fingerprint density at radius 2 is 1.77 bits per heavy atom. The van der Waals surface area contributed by atoms with Crippen molar-refractivity contribution in [1.29, 1.82) is 0 Å². The Hall–Kier alpha value is -2.56. The van der Waals surface area contributed by atoms with Crippen LogP contribution in [0.15, 0.2) is 53.9 Å². The van der Waals surface area contributed by atoms with E-state index in [-0.39, 0.29) is 0 Å². The van der Waals surface area contributed by atoms with E-state index < -0.39 is 0 Å². The van der Waals surface area contributed by atoms with E-state index in [1.807, 2.05) is 36.5 Å². The standard InChI is InChI=1S/C17H20N4O/c1-22-17-5-3-2-4-16(17)20-10-12-21(13-11-20)19-14-15-6-8-18-9-7-15/h2-9,14H,10-13H2,1H3/b19-14-. The van der Waals surface area contributed by atoms with Gasteiger partial charge in [-0.2, -0.15) is 5.10 Å². The molecular weight excluding hydrogens is 276 g/mol. The van der Waals surface area contributed by atoms with Crippen LogP contribution < -0.4 is 9.64 Å². The number of nitrogens with zero attached hydrogens (tertiary/aromatic N) is 4. The monoisotopic (exact) mass is 296 g/mol. The molecule has 0 aliphatic carbocycles. The van der Waals surface area contributed by atoms with Gasteiger partial charge in [0.1, 0.15) is 5.75 Å². The third-order valence-electron chi connectivity index (χ3n) is 3.76. The molecule has 0 bridgehead atoms. The Morgan fingerprint density at radius 1 is 1.05 bits per heavy atom. The molecule has 1 saturated heterocycles. The van der Waals surface area contributed by atoms with Crippen molar-refractivity contribution in [2.45, 2.75) is 0 Å². The van der Waals surface area contributed by atoms with Crippen LogP contribution in [0, 0.1) is 0 Å². The van der Waals surface area contributed by atoms with Crippen LogP contribution in [-0.2, 0) is 0 Å². The number of hydrogen-bond acceptors (Lipinski definition) is 5. The van der Waals surface area contributed by atoms with Gasteiger partial charge < -0.3 is 9.64 Å². The van der Waals surface area contributed by atoms with Gasteiger partial charge in [-0.25, -0.2) is 0 Å². The van der Waals surface area contributed by atoms with Gasteiger partial charge in [0.05, 0.1) is 32.1 Å². The summed E-state index contributed by atoms with van der Waals surface area (Å²) in [5.41, 5.74) is 2.23. The lowest BCUT2D eigenvalue weighted by Crippen LogP contribution is -2.44. The first-order chi connectivity index (χ1) is 10.9. The van der Waals surface area contributed by atoms with Crippen molar-refractivity contribution < 1.29 is 4.74 Å². The zero-order valence-electron chi connectivity index (χ0n) is 12.7. The summed E-state index contributed by atoms with van der Waals surface area (Å²) in [5, 5.41) is 6.65. The smallest absolute Gasteiger partial charge is 0.142 e. The van der Waals surface area contributed by atoms with Crippen molar-refractivity contribution in [2.75, 3.05) is 38.2 Å². The number of methoxy groups -OCH3 is 1. The molecule has 22 heavy (non-hydrogen) atoms. The van der Waals surface area contributed by atoms with Crippen LogP contribution in [0.25, 0.3) is 0 Å². The number of aromatic nitrogens is 1. The lowest BCUT2D eigenvalue weighted by Gasteiger charge is -2.35. The molecule has 5 heteroatoms. The number of anilines is 1. The van der Waals surface area contributed by atoms with Crippen molar-refractivity contribution >= 4 is 11.9 Å². The van der Waals surface area contributed by atoms with E-state index in [2.05, 4.69) is 26.1 Å². The number of pyridine rings is 1. The minimum absolute atomic E-state index is 0.902. The number of benzene rings is 1. The van der Waals surface area contributed by atoms with E-state index in [1.54, 1.807) is 19.5 Å². The Kier molecular flexibility index (Phi) is 4.53. The van der Waals surface area contributed by atoms with Crippen molar-refractivity contribution in [1.82, 2.24) is 9.99 Å². The zero-order valence-corrected chi connectivity index (χ0v) is 12.7. The molecule has 0 N–H and O–H groups in total. The van der Waals surface area contributed by atoms with Gasteiger partial charge in [0, 0.05) is 25.5 Å². The highest BCUT2D eigenvalue weighted by Gasteiger charge is 2.18. The number of rotatable bonds is 4. The molecule has 2 aromatic rings. The van der Waals surface area contributed by atoms with Gasteiger partial charge in [-0.05, 0) is 29.8 Å². The molecule has 3 rings (SSSR count). The first-order valence-corrected chi connectivity index (χ1v) is 7.44. The first kappa shape index (κ1) is 14.4. The summed E-state index contributed by atoms with van der Waals surface area (Å²) in [6.45, 7) is 3.68. The minimum Gasteiger partial charge on any atom is -0.495 e. The third-order valence-corrected chi connectivity index (χ3v) is 3.76. The summed E-state index contributed by atoms with van der Waals surface area (Å²) >= 11 is 0. The summed E-state index contributed by atoms with van der Waals surface area (Å²) in [6, 6.07) is 12.1. The molecule has 114 valence electrons. The van der Waals surface area contributed by atoms with E-state index in [0.29, 0.717) is 0 Å². The molecule has 1 aliphatic rings. The maximum atomic E-state index is 5.44. The van der Waals surface area contributed by atoms with E-state index in [1.165, 1.54) is 0 Å². The zero-order chi connectivity index (χ0) is 15.2. The third kappa shape index (κ3) is 3.36. The molecule has 1 aliphatic heterocycles.